The summed E-state index contributed by atoms with van der Waals surface area (Å²) >= 11 is 0. The van der Waals surface area contributed by atoms with Crippen molar-refractivity contribution in [3.8, 4) is 5.75 Å². The van der Waals surface area contributed by atoms with Crippen LogP contribution in [0.25, 0.3) is 0 Å². The quantitative estimate of drug-likeness (QED) is 0.700. The van der Waals surface area contributed by atoms with Gasteiger partial charge in [0.05, 0.1) is 6.42 Å². The minimum Gasteiger partial charge on any atom is -0.508 e. The Morgan fingerprint density at radius 3 is 2.22 bits per heavy atom. The number of hydrogen-bond donors (Lipinski definition) is 3. The smallest absolute Gasteiger partial charge is 0.303 e. The van der Waals surface area contributed by atoms with Crippen LogP contribution in [0.4, 0.5) is 5.69 Å². The van der Waals surface area contributed by atoms with Gasteiger partial charge in [-0.1, -0.05) is 13.8 Å². The molecule has 5 nitrogen and oxygen atoms in total. The molecule has 98 valence electrons. The van der Waals surface area contributed by atoms with Crippen molar-refractivity contribution in [2.24, 2.45) is 5.41 Å². The first kappa shape index (κ1) is 14.0. The first-order valence-electron chi connectivity index (χ1n) is 5.59. The van der Waals surface area contributed by atoms with Crippen molar-refractivity contribution < 1.29 is 19.8 Å². The lowest BCUT2D eigenvalue weighted by Gasteiger charge is -2.21. The number of amides is 1. The van der Waals surface area contributed by atoms with Crippen LogP contribution >= 0.6 is 0 Å². The summed E-state index contributed by atoms with van der Waals surface area (Å²) in [6.45, 7) is 3.47. The van der Waals surface area contributed by atoms with Crippen LogP contribution in [-0.4, -0.2) is 22.1 Å². The Labute approximate surface area is 105 Å². The third-order valence-electron chi connectivity index (χ3n) is 2.42. The summed E-state index contributed by atoms with van der Waals surface area (Å²) in [6.07, 6.45) is 0.0656. The van der Waals surface area contributed by atoms with Crippen LogP contribution in [0.3, 0.4) is 0 Å². The van der Waals surface area contributed by atoms with Gasteiger partial charge in [-0.15, -0.1) is 0 Å². The molecule has 18 heavy (non-hydrogen) atoms. The molecular formula is C13H17NO4. The van der Waals surface area contributed by atoms with E-state index in [1.54, 1.807) is 26.0 Å². The lowest BCUT2D eigenvalue weighted by molar-refractivity contribution is -0.139. The standard InChI is InChI=1S/C13H17NO4/c1-13(2,8-12(17)18)7-11(16)14-9-3-5-10(15)6-4-9/h3-6,15H,7-8H2,1-2H3,(H,14,16)(H,17,18). The van der Waals surface area contributed by atoms with Crippen molar-refractivity contribution in [3.63, 3.8) is 0 Å². The number of anilines is 1. The zero-order valence-corrected chi connectivity index (χ0v) is 10.4. The summed E-state index contributed by atoms with van der Waals surface area (Å²) in [6, 6.07) is 6.10. The highest BCUT2D eigenvalue weighted by Gasteiger charge is 2.25. The number of aliphatic carboxylic acids is 1. The second-order valence-corrected chi connectivity index (χ2v) is 5.01. The highest BCUT2D eigenvalue weighted by molar-refractivity contribution is 5.91. The van der Waals surface area contributed by atoms with E-state index in [1.807, 2.05) is 0 Å². The fourth-order valence-corrected chi connectivity index (χ4v) is 1.66. The molecule has 1 aromatic carbocycles. The van der Waals surface area contributed by atoms with Crippen LogP contribution in [0.15, 0.2) is 24.3 Å². The first-order chi connectivity index (χ1) is 8.28. The van der Waals surface area contributed by atoms with Crippen molar-refractivity contribution >= 4 is 17.6 Å². The molecular weight excluding hydrogens is 234 g/mol. The molecule has 0 heterocycles. The summed E-state index contributed by atoms with van der Waals surface area (Å²) in [5.41, 5.74) is -0.0174. The summed E-state index contributed by atoms with van der Waals surface area (Å²) < 4.78 is 0. The summed E-state index contributed by atoms with van der Waals surface area (Å²) in [5.74, 6) is -1.04. The summed E-state index contributed by atoms with van der Waals surface area (Å²) in [7, 11) is 0. The second kappa shape index (κ2) is 5.53. The van der Waals surface area contributed by atoms with Gasteiger partial charge in [-0.3, -0.25) is 9.59 Å². The maximum atomic E-state index is 11.7. The van der Waals surface area contributed by atoms with E-state index in [1.165, 1.54) is 12.1 Å². The van der Waals surface area contributed by atoms with Gasteiger partial charge in [-0.2, -0.15) is 0 Å². The number of carboxylic acids is 1. The number of phenolic OH excluding ortho intramolecular Hbond substituents is 1. The molecule has 0 aliphatic rings. The molecule has 0 spiro atoms. The maximum Gasteiger partial charge on any atom is 0.303 e. The fourth-order valence-electron chi connectivity index (χ4n) is 1.66. The van der Waals surface area contributed by atoms with E-state index in [0.717, 1.165) is 0 Å². The molecule has 1 aromatic rings. The fraction of sp³-hybridized carbons (Fsp3) is 0.385. The van der Waals surface area contributed by atoms with Crippen molar-refractivity contribution in [2.75, 3.05) is 5.32 Å². The highest BCUT2D eigenvalue weighted by Crippen LogP contribution is 2.25. The zero-order chi connectivity index (χ0) is 13.8. The molecule has 0 radical (unpaired) electrons. The van der Waals surface area contributed by atoms with Gasteiger partial charge < -0.3 is 15.5 Å². The Balaban J connectivity index is 2.56. The topological polar surface area (TPSA) is 86.6 Å². The maximum absolute atomic E-state index is 11.7. The molecule has 0 unspecified atom stereocenters. The summed E-state index contributed by atoms with van der Waals surface area (Å²) in [5, 5.41) is 20.5. The highest BCUT2D eigenvalue weighted by atomic mass is 16.4. The summed E-state index contributed by atoms with van der Waals surface area (Å²) in [4.78, 5) is 22.4. The molecule has 0 atom stereocenters. The molecule has 0 bridgehead atoms. The SMILES string of the molecule is CC(C)(CC(=O)O)CC(=O)Nc1ccc(O)cc1. The zero-order valence-electron chi connectivity index (χ0n) is 10.4. The Morgan fingerprint density at radius 2 is 1.72 bits per heavy atom. The predicted octanol–water partition coefficient (Wildman–Crippen LogP) is 2.22. The van der Waals surface area contributed by atoms with Gasteiger partial charge >= 0.3 is 5.97 Å². The normalized spacial score (nSPS) is 11.0. The molecule has 1 rings (SSSR count). The average molecular weight is 251 g/mol. The molecule has 3 N–H and O–H groups in total. The van der Waals surface area contributed by atoms with E-state index in [0.29, 0.717) is 5.69 Å². The first-order valence-corrected chi connectivity index (χ1v) is 5.59. The number of carbonyl (C=O) groups is 2. The van der Waals surface area contributed by atoms with Crippen molar-refractivity contribution in [1.29, 1.82) is 0 Å². The number of phenols is 1. The van der Waals surface area contributed by atoms with Crippen molar-refractivity contribution in [2.45, 2.75) is 26.7 Å². The number of carboxylic acid groups (broad SMARTS) is 1. The van der Waals surface area contributed by atoms with Gasteiger partial charge in [0.25, 0.3) is 0 Å². The van der Waals surface area contributed by atoms with E-state index >= 15 is 0 Å². The Morgan fingerprint density at radius 1 is 1.17 bits per heavy atom. The van der Waals surface area contributed by atoms with Crippen LogP contribution in [0.1, 0.15) is 26.7 Å². The van der Waals surface area contributed by atoms with Gasteiger partial charge in [0.15, 0.2) is 0 Å². The lowest BCUT2D eigenvalue weighted by Crippen LogP contribution is -2.24. The van der Waals surface area contributed by atoms with Gasteiger partial charge in [-0.05, 0) is 29.7 Å². The number of benzene rings is 1. The van der Waals surface area contributed by atoms with Crippen molar-refractivity contribution in [3.05, 3.63) is 24.3 Å². The van der Waals surface area contributed by atoms with E-state index < -0.39 is 11.4 Å². The third kappa shape index (κ3) is 4.86. The second-order valence-electron chi connectivity index (χ2n) is 5.01. The van der Waals surface area contributed by atoms with Crippen molar-refractivity contribution in [1.82, 2.24) is 0 Å². The number of aromatic hydroxyl groups is 1. The van der Waals surface area contributed by atoms with Crippen LogP contribution in [-0.2, 0) is 9.59 Å². The predicted molar refractivity (Wildman–Crippen MR) is 67.4 cm³/mol. The number of rotatable bonds is 5. The molecule has 0 saturated heterocycles. The average Bonchev–Trinajstić information content (AvgIpc) is 2.18. The van der Waals surface area contributed by atoms with Crippen LogP contribution in [0.5, 0.6) is 5.75 Å². The van der Waals surface area contributed by atoms with E-state index in [4.69, 9.17) is 10.2 Å². The van der Waals surface area contributed by atoms with E-state index in [-0.39, 0.29) is 24.5 Å². The van der Waals surface area contributed by atoms with Gasteiger partial charge in [-0.25, -0.2) is 0 Å². The Hall–Kier alpha value is -2.04. The number of hydrogen-bond acceptors (Lipinski definition) is 3. The Kier molecular flexibility index (Phi) is 4.31. The van der Waals surface area contributed by atoms with Crippen LogP contribution in [0.2, 0.25) is 0 Å². The molecule has 1 amide bonds. The molecule has 5 heteroatoms. The molecule has 0 aliphatic carbocycles. The van der Waals surface area contributed by atoms with E-state index in [2.05, 4.69) is 5.32 Å². The van der Waals surface area contributed by atoms with Gasteiger partial charge in [0, 0.05) is 12.1 Å². The molecule has 0 aliphatic heterocycles. The van der Waals surface area contributed by atoms with Gasteiger partial charge in [0.1, 0.15) is 5.75 Å². The molecule has 0 aromatic heterocycles. The van der Waals surface area contributed by atoms with Crippen LogP contribution in [0, 0.1) is 5.41 Å². The number of carbonyl (C=O) groups excluding carboxylic acids is 1. The monoisotopic (exact) mass is 251 g/mol. The minimum atomic E-state index is -0.919. The largest absolute Gasteiger partial charge is 0.508 e. The minimum absolute atomic E-state index is 0.0595. The Bertz CT molecular complexity index is 437. The third-order valence-corrected chi connectivity index (χ3v) is 2.42. The molecule has 0 fully saturated rings. The lowest BCUT2D eigenvalue weighted by atomic mass is 9.85. The van der Waals surface area contributed by atoms with Gasteiger partial charge in [0.2, 0.25) is 5.91 Å². The van der Waals surface area contributed by atoms with E-state index in [9.17, 15) is 9.59 Å². The van der Waals surface area contributed by atoms with Crippen LogP contribution < -0.4 is 5.32 Å². The molecule has 0 saturated carbocycles. The number of nitrogens with one attached hydrogen (secondary N) is 1.